The fourth-order valence-electron chi connectivity index (χ4n) is 1.61. The van der Waals surface area contributed by atoms with Crippen LogP contribution < -0.4 is 11.1 Å². The van der Waals surface area contributed by atoms with Crippen LogP contribution in [0.15, 0.2) is 30.3 Å². The van der Waals surface area contributed by atoms with Gasteiger partial charge in [-0.15, -0.1) is 0 Å². The fourth-order valence-corrected chi connectivity index (χ4v) is 1.61. The average Bonchev–Trinajstić information content (AvgIpc) is 2.37. The lowest BCUT2D eigenvalue weighted by Crippen LogP contribution is -2.06. The summed E-state index contributed by atoms with van der Waals surface area (Å²) in [6.07, 6.45) is 0. The smallest absolute Gasteiger partial charge is 0.338 e. The van der Waals surface area contributed by atoms with Crippen LogP contribution in [0.2, 0.25) is 0 Å². The van der Waals surface area contributed by atoms with Gasteiger partial charge < -0.3 is 16.2 Å². The Morgan fingerprint density at radius 2 is 1.70 bits per heavy atom. The maximum atomic E-state index is 13.5. The predicted molar refractivity (Wildman–Crippen MR) is 67.4 cm³/mol. The minimum absolute atomic E-state index is 0.128. The topological polar surface area (TPSA) is 75.4 Å². The first-order valence-corrected chi connectivity index (χ1v) is 5.43. The monoisotopic (exact) mass is 282 g/mol. The van der Waals surface area contributed by atoms with E-state index < -0.39 is 34.7 Å². The molecule has 0 aliphatic heterocycles. The van der Waals surface area contributed by atoms with Gasteiger partial charge in [0.1, 0.15) is 23.1 Å². The minimum atomic E-state index is -1.49. The summed E-state index contributed by atoms with van der Waals surface area (Å²) in [5.74, 6) is -4.32. The number of anilines is 3. The number of nitrogens with two attached hydrogens (primary N) is 1. The van der Waals surface area contributed by atoms with Crippen LogP contribution in [0.1, 0.15) is 10.4 Å². The summed E-state index contributed by atoms with van der Waals surface area (Å²) in [6, 6.07) is 4.85. The fraction of sp³-hybridized carbons (Fsp3) is 0. The molecule has 4 N–H and O–H groups in total. The first-order valence-electron chi connectivity index (χ1n) is 5.43. The number of halogens is 3. The molecule has 2 aromatic carbocycles. The van der Waals surface area contributed by atoms with Crippen molar-refractivity contribution in [3.63, 3.8) is 0 Å². The predicted octanol–water partition coefficient (Wildman–Crippen LogP) is 3.13. The quantitative estimate of drug-likeness (QED) is 0.756. The molecule has 7 heteroatoms. The SMILES string of the molecule is Nc1cc(C(=O)O)c(F)cc1Nc1c(F)cccc1F. The van der Waals surface area contributed by atoms with Gasteiger partial charge in [0.2, 0.25) is 0 Å². The van der Waals surface area contributed by atoms with Crippen molar-refractivity contribution in [3.8, 4) is 0 Å². The molecule has 0 fully saturated rings. The van der Waals surface area contributed by atoms with Gasteiger partial charge in [0.05, 0.1) is 16.9 Å². The Kier molecular flexibility index (Phi) is 3.51. The number of para-hydroxylation sites is 1. The van der Waals surface area contributed by atoms with Crippen LogP contribution in [0.4, 0.5) is 30.2 Å². The van der Waals surface area contributed by atoms with Gasteiger partial charge in [0, 0.05) is 6.07 Å². The van der Waals surface area contributed by atoms with Gasteiger partial charge in [-0.25, -0.2) is 18.0 Å². The lowest BCUT2D eigenvalue weighted by Gasteiger charge is -2.12. The van der Waals surface area contributed by atoms with Crippen molar-refractivity contribution in [2.75, 3.05) is 11.1 Å². The number of aromatic carboxylic acids is 1. The molecule has 0 saturated carbocycles. The molecule has 0 saturated heterocycles. The second-order valence-electron chi connectivity index (χ2n) is 3.95. The summed E-state index contributed by atoms with van der Waals surface area (Å²) in [7, 11) is 0. The van der Waals surface area contributed by atoms with Crippen molar-refractivity contribution in [2.24, 2.45) is 0 Å². The molecule has 104 valence electrons. The van der Waals surface area contributed by atoms with Crippen LogP contribution in [0.5, 0.6) is 0 Å². The zero-order chi connectivity index (χ0) is 14.9. The zero-order valence-electron chi connectivity index (χ0n) is 9.95. The lowest BCUT2D eigenvalue weighted by molar-refractivity contribution is 0.0692. The number of benzene rings is 2. The van der Waals surface area contributed by atoms with Gasteiger partial charge in [-0.1, -0.05) is 6.07 Å². The van der Waals surface area contributed by atoms with Crippen molar-refractivity contribution in [1.82, 2.24) is 0 Å². The van der Waals surface area contributed by atoms with Crippen molar-refractivity contribution in [2.45, 2.75) is 0 Å². The Morgan fingerprint density at radius 3 is 2.25 bits per heavy atom. The number of nitrogens with one attached hydrogen (secondary N) is 1. The Labute approximate surface area is 111 Å². The number of carboxylic acids is 1. The number of rotatable bonds is 3. The Bertz CT molecular complexity index is 669. The van der Waals surface area contributed by atoms with Gasteiger partial charge >= 0.3 is 5.97 Å². The van der Waals surface area contributed by atoms with Crippen molar-refractivity contribution in [3.05, 3.63) is 53.3 Å². The van der Waals surface area contributed by atoms with E-state index in [1.165, 1.54) is 6.07 Å². The Morgan fingerprint density at radius 1 is 1.10 bits per heavy atom. The molecule has 0 spiro atoms. The van der Waals surface area contributed by atoms with Crippen molar-refractivity contribution < 1.29 is 23.1 Å². The van der Waals surface area contributed by atoms with Gasteiger partial charge in [0.15, 0.2) is 0 Å². The standard InChI is InChI=1S/C13H9F3N2O2/c14-7-2-1-3-8(15)12(7)18-11-5-9(16)6(13(19)20)4-10(11)17/h1-5,18H,17H2,(H,19,20). The first kappa shape index (κ1) is 13.7. The summed E-state index contributed by atoms with van der Waals surface area (Å²) in [6.45, 7) is 0. The van der Waals surface area contributed by atoms with Crippen LogP contribution in [0.3, 0.4) is 0 Å². The molecule has 4 nitrogen and oxygen atoms in total. The number of hydrogen-bond acceptors (Lipinski definition) is 3. The molecule has 0 aliphatic rings. The number of hydrogen-bond donors (Lipinski definition) is 3. The maximum Gasteiger partial charge on any atom is 0.338 e. The van der Waals surface area contributed by atoms with Crippen LogP contribution in [0.25, 0.3) is 0 Å². The van der Waals surface area contributed by atoms with E-state index in [1.54, 1.807) is 0 Å². The first-order chi connectivity index (χ1) is 9.40. The lowest BCUT2D eigenvalue weighted by atomic mass is 10.1. The molecule has 2 rings (SSSR count). The van der Waals surface area contributed by atoms with E-state index in [4.69, 9.17) is 10.8 Å². The van der Waals surface area contributed by atoms with E-state index in [0.29, 0.717) is 0 Å². The molecule has 0 unspecified atom stereocenters. The van der Waals surface area contributed by atoms with Crippen LogP contribution in [-0.2, 0) is 0 Å². The summed E-state index contributed by atoms with van der Waals surface area (Å²) >= 11 is 0. The summed E-state index contributed by atoms with van der Waals surface area (Å²) in [5.41, 5.74) is 4.14. The number of carbonyl (C=O) groups is 1. The number of nitrogen functional groups attached to an aromatic ring is 1. The van der Waals surface area contributed by atoms with Crippen LogP contribution in [-0.4, -0.2) is 11.1 Å². The van der Waals surface area contributed by atoms with E-state index in [-0.39, 0.29) is 11.4 Å². The Balaban J connectivity index is 2.45. The highest BCUT2D eigenvalue weighted by atomic mass is 19.1. The molecular weight excluding hydrogens is 273 g/mol. The molecule has 0 radical (unpaired) electrons. The molecule has 0 amide bonds. The third-order valence-corrected chi connectivity index (χ3v) is 2.59. The molecule has 0 aromatic heterocycles. The summed E-state index contributed by atoms with van der Waals surface area (Å²) in [4.78, 5) is 10.7. The van der Waals surface area contributed by atoms with Gasteiger partial charge in [0.25, 0.3) is 0 Å². The van der Waals surface area contributed by atoms with Crippen LogP contribution >= 0.6 is 0 Å². The van der Waals surface area contributed by atoms with Gasteiger partial charge in [-0.05, 0) is 18.2 Å². The van der Waals surface area contributed by atoms with E-state index in [9.17, 15) is 18.0 Å². The van der Waals surface area contributed by atoms with E-state index in [1.807, 2.05) is 0 Å². The highest BCUT2D eigenvalue weighted by Gasteiger charge is 2.16. The molecule has 0 bridgehead atoms. The van der Waals surface area contributed by atoms with Gasteiger partial charge in [-0.2, -0.15) is 0 Å². The van der Waals surface area contributed by atoms with E-state index in [0.717, 1.165) is 24.3 Å². The maximum absolute atomic E-state index is 13.5. The van der Waals surface area contributed by atoms with E-state index >= 15 is 0 Å². The zero-order valence-corrected chi connectivity index (χ0v) is 9.95. The second kappa shape index (κ2) is 5.12. The molecule has 0 atom stereocenters. The van der Waals surface area contributed by atoms with Crippen LogP contribution in [0, 0.1) is 17.5 Å². The third-order valence-electron chi connectivity index (χ3n) is 2.59. The average molecular weight is 282 g/mol. The summed E-state index contributed by atoms with van der Waals surface area (Å²) < 4.78 is 40.4. The van der Waals surface area contributed by atoms with Gasteiger partial charge in [-0.3, -0.25) is 0 Å². The van der Waals surface area contributed by atoms with E-state index in [2.05, 4.69) is 5.32 Å². The molecule has 0 heterocycles. The molecule has 20 heavy (non-hydrogen) atoms. The minimum Gasteiger partial charge on any atom is -0.478 e. The molecule has 2 aromatic rings. The largest absolute Gasteiger partial charge is 0.478 e. The summed E-state index contributed by atoms with van der Waals surface area (Å²) in [5, 5.41) is 11.0. The van der Waals surface area contributed by atoms with Crippen molar-refractivity contribution in [1.29, 1.82) is 0 Å². The Hall–Kier alpha value is -2.70. The third kappa shape index (κ3) is 2.51. The normalized spacial score (nSPS) is 10.3. The molecular formula is C13H9F3N2O2. The highest BCUT2D eigenvalue weighted by Crippen LogP contribution is 2.29. The second-order valence-corrected chi connectivity index (χ2v) is 3.95. The highest BCUT2D eigenvalue weighted by molar-refractivity contribution is 5.91. The number of carboxylic acid groups (broad SMARTS) is 1. The van der Waals surface area contributed by atoms with Crippen molar-refractivity contribution >= 4 is 23.0 Å². The molecule has 0 aliphatic carbocycles.